The van der Waals surface area contributed by atoms with E-state index in [0.29, 0.717) is 0 Å². The van der Waals surface area contributed by atoms with Gasteiger partial charge in [-0.2, -0.15) is 0 Å². The van der Waals surface area contributed by atoms with Crippen molar-refractivity contribution in [3.8, 4) is 5.75 Å². The molecule has 0 bridgehead atoms. The minimum absolute atomic E-state index is 0.0196. The van der Waals surface area contributed by atoms with Gasteiger partial charge in [-0.15, -0.1) is 0 Å². The predicted octanol–water partition coefficient (Wildman–Crippen LogP) is 3.16. The molecule has 0 saturated carbocycles. The second kappa shape index (κ2) is 7.43. The molecule has 0 spiro atoms. The van der Waals surface area contributed by atoms with Gasteiger partial charge in [-0.05, 0) is 57.2 Å². The zero-order valence-electron chi connectivity index (χ0n) is 15.0. The van der Waals surface area contributed by atoms with E-state index in [4.69, 9.17) is 4.74 Å². The second-order valence-electron chi connectivity index (χ2n) is 6.69. The molecular weight excluding hydrogens is 359 g/mol. The topological polar surface area (TPSA) is 84.5 Å². The number of benzene rings is 2. The number of methoxy groups -OCH3 is 1. The van der Waals surface area contributed by atoms with Crippen LogP contribution in [0.25, 0.3) is 0 Å². The summed E-state index contributed by atoms with van der Waals surface area (Å²) in [6, 6.07) is 9.64. The number of hydrogen-bond acceptors (Lipinski definition) is 4. The molecule has 0 heterocycles. The third-order valence-corrected chi connectivity index (χ3v) is 5.01. The number of sulfonamides is 1. The summed E-state index contributed by atoms with van der Waals surface area (Å²) in [7, 11) is -2.41. The number of anilines is 1. The Balaban J connectivity index is 2.23. The van der Waals surface area contributed by atoms with E-state index in [1.165, 1.54) is 37.4 Å². The van der Waals surface area contributed by atoms with Gasteiger partial charge in [0.2, 0.25) is 10.0 Å². The number of carbonyl (C=O) groups excluding carboxylic acids is 1. The van der Waals surface area contributed by atoms with Gasteiger partial charge in [0.05, 0.1) is 12.0 Å². The van der Waals surface area contributed by atoms with Gasteiger partial charge in [0, 0.05) is 16.8 Å². The summed E-state index contributed by atoms with van der Waals surface area (Å²) in [4.78, 5) is 12.3. The van der Waals surface area contributed by atoms with Crippen molar-refractivity contribution in [2.24, 2.45) is 0 Å². The lowest BCUT2D eigenvalue weighted by molar-refractivity contribution is 0.102. The van der Waals surface area contributed by atoms with Crippen LogP contribution in [-0.4, -0.2) is 27.0 Å². The molecule has 2 aromatic carbocycles. The van der Waals surface area contributed by atoms with Crippen LogP contribution in [0.3, 0.4) is 0 Å². The minimum atomic E-state index is -3.73. The van der Waals surface area contributed by atoms with Gasteiger partial charge in [0.25, 0.3) is 5.91 Å². The summed E-state index contributed by atoms with van der Waals surface area (Å²) in [6.45, 7) is 5.19. The summed E-state index contributed by atoms with van der Waals surface area (Å²) in [5.74, 6) is -1.20. The number of ether oxygens (including phenoxy) is 1. The zero-order valence-corrected chi connectivity index (χ0v) is 15.8. The molecule has 6 nitrogen and oxygen atoms in total. The molecule has 0 aliphatic rings. The molecule has 1 amide bonds. The van der Waals surface area contributed by atoms with Crippen molar-refractivity contribution in [2.45, 2.75) is 31.2 Å². The summed E-state index contributed by atoms with van der Waals surface area (Å²) in [5, 5.41) is 2.56. The normalized spacial score (nSPS) is 11.9. The smallest absolute Gasteiger partial charge is 0.255 e. The molecule has 2 aromatic rings. The Morgan fingerprint density at radius 1 is 1.12 bits per heavy atom. The lowest BCUT2D eigenvalue weighted by atomic mass is 10.1. The van der Waals surface area contributed by atoms with E-state index in [1.54, 1.807) is 26.8 Å². The van der Waals surface area contributed by atoms with Gasteiger partial charge < -0.3 is 10.1 Å². The SMILES string of the molecule is COc1ccc(C(=O)Nc2cccc(S(=O)(=O)NC(C)(C)C)c2)cc1F. The number of amides is 1. The number of carbonyl (C=O) groups is 1. The fraction of sp³-hybridized carbons (Fsp3) is 0.278. The third kappa shape index (κ3) is 5.03. The maximum Gasteiger partial charge on any atom is 0.255 e. The molecule has 0 aliphatic heterocycles. The first-order chi connectivity index (χ1) is 12.0. The largest absolute Gasteiger partial charge is 0.494 e. The molecule has 2 N–H and O–H groups in total. The first-order valence-electron chi connectivity index (χ1n) is 7.81. The Morgan fingerprint density at radius 2 is 1.81 bits per heavy atom. The van der Waals surface area contributed by atoms with E-state index in [9.17, 15) is 17.6 Å². The van der Waals surface area contributed by atoms with Crippen LogP contribution in [0.5, 0.6) is 5.75 Å². The van der Waals surface area contributed by atoms with E-state index in [-0.39, 0.29) is 21.9 Å². The quantitative estimate of drug-likeness (QED) is 0.834. The maximum absolute atomic E-state index is 13.7. The van der Waals surface area contributed by atoms with Gasteiger partial charge in [0.1, 0.15) is 0 Å². The van der Waals surface area contributed by atoms with Crippen LogP contribution in [0.15, 0.2) is 47.4 Å². The number of halogens is 1. The fourth-order valence-electron chi connectivity index (χ4n) is 2.21. The molecule has 0 aromatic heterocycles. The van der Waals surface area contributed by atoms with Gasteiger partial charge >= 0.3 is 0 Å². The van der Waals surface area contributed by atoms with Gasteiger partial charge in [-0.3, -0.25) is 4.79 Å². The lowest BCUT2D eigenvalue weighted by Crippen LogP contribution is -2.40. The van der Waals surface area contributed by atoms with Crippen LogP contribution in [-0.2, 0) is 10.0 Å². The lowest BCUT2D eigenvalue weighted by Gasteiger charge is -2.20. The van der Waals surface area contributed by atoms with E-state index in [1.807, 2.05) is 0 Å². The van der Waals surface area contributed by atoms with E-state index in [0.717, 1.165) is 6.07 Å². The number of nitrogens with one attached hydrogen (secondary N) is 2. The molecule has 0 aliphatic carbocycles. The summed E-state index contributed by atoms with van der Waals surface area (Å²) in [5.41, 5.74) is -0.272. The standard InChI is InChI=1S/C18H21FN2O4S/c1-18(2,3)21-26(23,24)14-7-5-6-13(11-14)20-17(22)12-8-9-16(25-4)15(19)10-12/h5-11,21H,1-4H3,(H,20,22). The highest BCUT2D eigenvalue weighted by atomic mass is 32.2. The van der Waals surface area contributed by atoms with Gasteiger partial charge in [0.15, 0.2) is 11.6 Å². The Kier molecular flexibility index (Phi) is 5.68. The highest BCUT2D eigenvalue weighted by molar-refractivity contribution is 7.89. The third-order valence-electron chi connectivity index (χ3n) is 3.26. The Morgan fingerprint density at radius 3 is 2.38 bits per heavy atom. The van der Waals surface area contributed by atoms with Crippen molar-refractivity contribution >= 4 is 21.6 Å². The molecule has 2 rings (SSSR count). The van der Waals surface area contributed by atoms with Crippen LogP contribution in [0.2, 0.25) is 0 Å². The van der Waals surface area contributed by atoms with Crippen LogP contribution >= 0.6 is 0 Å². The summed E-state index contributed by atoms with van der Waals surface area (Å²) < 4.78 is 45.9. The number of hydrogen-bond donors (Lipinski definition) is 2. The average Bonchev–Trinajstić information content (AvgIpc) is 2.52. The Bertz CT molecular complexity index is 921. The Hall–Kier alpha value is -2.45. The first kappa shape index (κ1) is 19.9. The fourth-order valence-corrected chi connectivity index (χ4v) is 3.68. The van der Waals surface area contributed by atoms with Crippen molar-refractivity contribution in [1.82, 2.24) is 4.72 Å². The van der Waals surface area contributed by atoms with Crippen LogP contribution in [0.4, 0.5) is 10.1 Å². The van der Waals surface area contributed by atoms with Crippen LogP contribution in [0, 0.1) is 5.82 Å². The van der Waals surface area contributed by atoms with Crippen LogP contribution in [0.1, 0.15) is 31.1 Å². The Labute approximate surface area is 152 Å². The average molecular weight is 380 g/mol. The molecule has 0 saturated heterocycles. The maximum atomic E-state index is 13.7. The van der Waals surface area contributed by atoms with E-state index < -0.39 is 27.3 Å². The molecule has 0 atom stereocenters. The molecule has 26 heavy (non-hydrogen) atoms. The minimum Gasteiger partial charge on any atom is -0.494 e. The van der Waals surface area contributed by atoms with Crippen molar-refractivity contribution in [3.63, 3.8) is 0 Å². The van der Waals surface area contributed by atoms with Crippen molar-refractivity contribution in [3.05, 3.63) is 53.8 Å². The molecular formula is C18H21FN2O4S. The number of rotatable bonds is 5. The summed E-state index contributed by atoms with van der Waals surface area (Å²) >= 11 is 0. The van der Waals surface area contributed by atoms with Crippen LogP contribution < -0.4 is 14.8 Å². The monoisotopic (exact) mass is 380 g/mol. The molecule has 140 valence electrons. The highest BCUT2D eigenvalue weighted by Crippen LogP contribution is 2.20. The molecule has 0 fully saturated rings. The van der Waals surface area contributed by atoms with Gasteiger partial charge in [-0.1, -0.05) is 6.07 Å². The van der Waals surface area contributed by atoms with Crippen molar-refractivity contribution < 1.29 is 22.3 Å². The van der Waals surface area contributed by atoms with E-state index >= 15 is 0 Å². The van der Waals surface area contributed by atoms with Crippen molar-refractivity contribution in [2.75, 3.05) is 12.4 Å². The predicted molar refractivity (Wildman–Crippen MR) is 97.4 cm³/mol. The van der Waals surface area contributed by atoms with Crippen molar-refractivity contribution in [1.29, 1.82) is 0 Å². The van der Waals surface area contributed by atoms with Gasteiger partial charge in [-0.25, -0.2) is 17.5 Å². The summed E-state index contributed by atoms with van der Waals surface area (Å²) in [6.07, 6.45) is 0. The first-order valence-corrected chi connectivity index (χ1v) is 9.29. The second-order valence-corrected chi connectivity index (χ2v) is 8.37. The zero-order chi connectivity index (χ0) is 19.5. The van der Waals surface area contributed by atoms with E-state index in [2.05, 4.69) is 10.0 Å². The highest BCUT2D eigenvalue weighted by Gasteiger charge is 2.22. The molecule has 8 heteroatoms. The molecule has 0 radical (unpaired) electrons. The molecule has 0 unspecified atom stereocenters.